The summed E-state index contributed by atoms with van der Waals surface area (Å²) in [4.78, 5) is 17.4. The Hall–Kier alpha value is -1.94. The van der Waals surface area contributed by atoms with Gasteiger partial charge in [0, 0.05) is 19.0 Å². The lowest BCUT2D eigenvalue weighted by Crippen LogP contribution is -2.45. The van der Waals surface area contributed by atoms with E-state index in [1.54, 1.807) is 0 Å². The Morgan fingerprint density at radius 3 is 2.80 bits per heavy atom. The molecule has 1 amide bonds. The molecule has 2 aromatic heterocycles. The predicted molar refractivity (Wildman–Crippen MR) is 85.7 cm³/mol. The van der Waals surface area contributed by atoms with Crippen molar-refractivity contribution in [2.45, 2.75) is 24.9 Å². The van der Waals surface area contributed by atoms with Crippen LogP contribution in [0.25, 0.3) is 10.2 Å². The molecule has 0 bridgehead atoms. The van der Waals surface area contributed by atoms with Crippen molar-refractivity contribution in [3.63, 3.8) is 0 Å². The number of hydrogen-bond acceptors (Lipinski definition) is 5. The second-order valence-corrected chi connectivity index (χ2v) is 6.63. The van der Waals surface area contributed by atoms with Gasteiger partial charge < -0.3 is 15.3 Å². The van der Waals surface area contributed by atoms with Crippen LogP contribution in [-0.2, 0) is 6.18 Å². The third kappa shape index (κ3) is 3.28. The van der Waals surface area contributed by atoms with Gasteiger partial charge >= 0.3 is 6.18 Å². The number of aromatic nitrogens is 1. The first kappa shape index (κ1) is 17.9. The number of piperidine rings is 1. The maximum absolute atomic E-state index is 13.8. The molecule has 3 rings (SSSR count). The van der Waals surface area contributed by atoms with Gasteiger partial charge in [-0.15, -0.1) is 11.3 Å². The maximum atomic E-state index is 13.8. The number of thiophene rings is 1. The molecule has 1 saturated heterocycles. The molecular formula is C15H15F4N3O2S. The number of anilines is 1. The highest BCUT2D eigenvalue weighted by molar-refractivity contribution is 7.17. The number of hydrogen-bond donors (Lipinski definition) is 2. The van der Waals surface area contributed by atoms with Crippen LogP contribution >= 0.6 is 11.3 Å². The number of aliphatic hydroxyl groups excluding tert-OH is 1. The third-order valence-corrected chi connectivity index (χ3v) is 5.12. The second-order valence-electron chi connectivity index (χ2n) is 5.75. The topological polar surface area (TPSA) is 65.5 Å². The summed E-state index contributed by atoms with van der Waals surface area (Å²) >= 11 is 0.792. The van der Waals surface area contributed by atoms with E-state index in [0.717, 1.165) is 17.4 Å². The number of alkyl halides is 4. The number of nitrogens with zero attached hydrogens (tertiary/aromatic N) is 2. The van der Waals surface area contributed by atoms with E-state index < -0.39 is 29.9 Å². The first-order valence-corrected chi connectivity index (χ1v) is 8.39. The number of halogens is 4. The highest BCUT2D eigenvalue weighted by Gasteiger charge is 2.36. The van der Waals surface area contributed by atoms with Crippen LogP contribution < -0.4 is 10.2 Å². The Bertz CT molecular complexity index is 808. The summed E-state index contributed by atoms with van der Waals surface area (Å²) in [5.74, 6) is -0.598. The van der Waals surface area contributed by atoms with Gasteiger partial charge in [-0.1, -0.05) is 0 Å². The molecule has 2 N–H and O–H groups in total. The summed E-state index contributed by atoms with van der Waals surface area (Å²) in [5, 5.41) is 13.2. The number of pyridine rings is 1. The Morgan fingerprint density at radius 2 is 2.20 bits per heavy atom. The standard InChI is InChI=1S/C15H15F4N3O2S/c1-20-14(24)7-6-25-13-8(15(17,18)19)4-11(21-12(7)13)22-3-2-10(23)9(16)5-22/h4,6,9-10,23H,2-3,5H2,1H3,(H,20,24)/t9-,10-/m1/s1. The molecular weight excluding hydrogens is 362 g/mol. The van der Waals surface area contributed by atoms with Gasteiger partial charge in [0.15, 0.2) is 0 Å². The first-order chi connectivity index (χ1) is 11.7. The summed E-state index contributed by atoms with van der Waals surface area (Å²) in [7, 11) is 1.38. The Balaban J connectivity index is 2.14. The molecule has 1 aliphatic rings. The van der Waals surface area contributed by atoms with E-state index >= 15 is 0 Å². The van der Waals surface area contributed by atoms with Gasteiger partial charge in [-0.05, 0) is 12.5 Å². The number of rotatable bonds is 2. The minimum atomic E-state index is -4.63. The van der Waals surface area contributed by atoms with Gasteiger partial charge in [0.05, 0.1) is 34.0 Å². The summed E-state index contributed by atoms with van der Waals surface area (Å²) in [6.45, 7) is -0.0761. The Morgan fingerprint density at radius 1 is 1.48 bits per heavy atom. The van der Waals surface area contributed by atoms with E-state index in [1.165, 1.54) is 17.3 Å². The molecule has 25 heavy (non-hydrogen) atoms. The van der Waals surface area contributed by atoms with Crippen molar-refractivity contribution in [3.05, 3.63) is 22.6 Å². The number of nitrogens with one attached hydrogen (secondary N) is 1. The van der Waals surface area contributed by atoms with E-state index in [2.05, 4.69) is 10.3 Å². The van der Waals surface area contributed by atoms with Gasteiger partial charge in [-0.2, -0.15) is 13.2 Å². The summed E-state index contributed by atoms with van der Waals surface area (Å²) in [5.41, 5.74) is -0.923. The number of aliphatic hydroxyl groups is 1. The van der Waals surface area contributed by atoms with Gasteiger partial charge in [0.25, 0.3) is 5.91 Å². The van der Waals surface area contributed by atoms with Crippen LogP contribution in [0.15, 0.2) is 11.4 Å². The lowest BCUT2D eigenvalue weighted by Gasteiger charge is -2.33. The second kappa shape index (κ2) is 6.41. The molecule has 1 aliphatic heterocycles. The van der Waals surface area contributed by atoms with Crippen molar-refractivity contribution in [2.75, 3.05) is 25.0 Å². The zero-order valence-electron chi connectivity index (χ0n) is 13.1. The fraction of sp³-hybridized carbons (Fsp3) is 0.467. The van der Waals surface area contributed by atoms with Gasteiger partial charge in [-0.25, -0.2) is 9.37 Å². The molecule has 3 heterocycles. The van der Waals surface area contributed by atoms with Crippen LogP contribution in [0.5, 0.6) is 0 Å². The summed E-state index contributed by atoms with van der Waals surface area (Å²) < 4.78 is 53.9. The van der Waals surface area contributed by atoms with Crippen LogP contribution in [0.2, 0.25) is 0 Å². The van der Waals surface area contributed by atoms with E-state index in [-0.39, 0.29) is 41.1 Å². The molecule has 2 aromatic rings. The zero-order valence-corrected chi connectivity index (χ0v) is 13.9. The monoisotopic (exact) mass is 377 g/mol. The van der Waals surface area contributed by atoms with Gasteiger partial charge in [-0.3, -0.25) is 4.79 Å². The van der Waals surface area contributed by atoms with Crippen molar-refractivity contribution < 1.29 is 27.5 Å². The molecule has 0 radical (unpaired) electrons. The lowest BCUT2D eigenvalue weighted by atomic mass is 10.1. The van der Waals surface area contributed by atoms with Crippen LogP contribution in [-0.4, -0.2) is 48.4 Å². The third-order valence-electron chi connectivity index (χ3n) is 4.12. The van der Waals surface area contributed by atoms with Crippen molar-refractivity contribution in [1.29, 1.82) is 0 Å². The molecule has 0 spiro atoms. The average Bonchev–Trinajstić information content (AvgIpc) is 2.98. The minimum Gasteiger partial charge on any atom is -0.390 e. The Kier molecular flexibility index (Phi) is 4.58. The van der Waals surface area contributed by atoms with E-state index in [0.29, 0.717) is 0 Å². The summed E-state index contributed by atoms with van der Waals surface area (Å²) in [6, 6.07) is 0.872. The van der Waals surface area contributed by atoms with Crippen LogP contribution in [0.4, 0.5) is 23.4 Å². The molecule has 5 nitrogen and oxygen atoms in total. The van der Waals surface area contributed by atoms with Crippen molar-refractivity contribution in [2.24, 2.45) is 0 Å². The van der Waals surface area contributed by atoms with Crippen molar-refractivity contribution >= 4 is 33.3 Å². The number of carbonyl (C=O) groups excluding carboxylic acids is 1. The van der Waals surface area contributed by atoms with Gasteiger partial charge in [0.1, 0.15) is 12.0 Å². The number of fused-ring (bicyclic) bond motifs is 1. The smallest absolute Gasteiger partial charge is 0.390 e. The molecule has 0 saturated carbocycles. The van der Waals surface area contributed by atoms with E-state index in [1.807, 2.05) is 0 Å². The molecule has 0 aliphatic carbocycles. The van der Waals surface area contributed by atoms with E-state index in [9.17, 15) is 27.5 Å². The van der Waals surface area contributed by atoms with Crippen molar-refractivity contribution in [1.82, 2.24) is 10.3 Å². The molecule has 0 aromatic carbocycles. The highest BCUT2D eigenvalue weighted by Crippen LogP contribution is 2.40. The Labute approximate surface area is 144 Å². The first-order valence-electron chi connectivity index (χ1n) is 7.51. The zero-order chi connectivity index (χ0) is 18.4. The minimum absolute atomic E-state index is 0.0451. The normalized spacial score (nSPS) is 21.6. The van der Waals surface area contributed by atoms with Crippen molar-refractivity contribution in [3.8, 4) is 0 Å². The quantitative estimate of drug-likeness (QED) is 0.790. The number of carbonyl (C=O) groups is 1. The molecule has 10 heteroatoms. The highest BCUT2D eigenvalue weighted by atomic mass is 32.1. The lowest BCUT2D eigenvalue weighted by molar-refractivity contribution is -0.136. The average molecular weight is 377 g/mol. The van der Waals surface area contributed by atoms with Crippen LogP contribution in [0.3, 0.4) is 0 Å². The fourth-order valence-electron chi connectivity index (χ4n) is 2.76. The summed E-state index contributed by atoms with van der Waals surface area (Å²) in [6.07, 6.45) is -7.24. The molecule has 0 unspecified atom stereocenters. The SMILES string of the molecule is CNC(=O)c1csc2c(C(F)(F)F)cc(N3CC[C@@H](O)[C@H](F)C3)nc12. The van der Waals surface area contributed by atoms with Crippen LogP contribution in [0, 0.1) is 0 Å². The molecule has 2 atom stereocenters. The van der Waals surface area contributed by atoms with Crippen LogP contribution in [0.1, 0.15) is 22.3 Å². The fourth-order valence-corrected chi connectivity index (χ4v) is 3.79. The predicted octanol–water partition coefficient (Wildman–Crippen LogP) is 2.58. The molecule has 136 valence electrons. The van der Waals surface area contributed by atoms with E-state index in [4.69, 9.17) is 0 Å². The maximum Gasteiger partial charge on any atom is 0.417 e. The largest absolute Gasteiger partial charge is 0.417 e. The number of amides is 1. The molecule has 1 fully saturated rings. The van der Waals surface area contributed by atoms with Gasteiger partial charge in [0.2, 0.25) is 0 Å².